The number of nitrogens with one attached hydrogen (secondary N) is 1. The van der Waals surface area contributed by atoms with Crippen LogP contribution < -0.4 is 10.1 Å². The van der Waals surface area contributed by atoms with Crippen molar-refractivity contribution in [3.63, 3.8) is 0 Å². The van der Waals surface area contributed by atoms with Gasteiger partial charge in [-0.3, -0.25) is 9.48 Å². The Balaban J connectivity index is 1.88. The molecule has 0 fully saturated rings. The molecule has 140 valence electrons. The Hall–Kier alpha value is -2.51. The van der Waals surface area contributed by atoms with Crippen LogP contribution in [0.1, 0.15) is 54.9 Å². The van der Waals surface area contributed by atoms with Crippen LogP contribution >= 0.6 is 0 Å². The summed E-state index contributed by atoms with van der Waals surface area (Å²) in [5.41, 5.74) is -0.112. The fourth-order valence-corrected chi connectivity index (χ4v) is 3.11. The number of carbonyl (C=O) groups excluding carboxylic acids is 1. The van der Waals surface area contributed by atoms with E-state index in [-0.39, 0.29) is 23.8 Å². The SMILES string of the molecule is CC(C)Cn1ncc(C(=O)N[C@H]2c3cccc(F)c3O[C@@H]2C)c1C(F)F. The van der Waals surface area contributed by atoms with Crippen molar-refractivity contribution in [2.45, 2.75) is 45.9 Å². The van der Waals surface area contributed by atoms with E-state index in [0.29, 0.717) is 5.56 Å². The predicted octanol–water partition coefficient (Wildman–Crippen LogP) is 3.87. The van der Waals surface area contributed by atoms with Crippen LogP contribution in [-0.4, -0.2) is 21.8 Å². The van der Waals surface area contributed by atoms with Gasteiger partial charge in [0.25, 0.3) is 12.3 Å². The molecule has 3 rings (SSSR count). The van der Waals surface area contributed by atoms with Gasteiger partial charge >= 0.3 is 0 Å². The number of benzene rings is 1. The molecule has 1 aromatic heterocycles. The number of nitrogens with zero attached hydrogens (tertiary/aromatic N) is 2. The smallest absolute Gasteiger partial charge is 0.280 e. The maximum absolute atomic E-state index is 13.8. The Morgan fingerprint density at radius 1 is 1.38 bits per heavy atom. The number of carbonyl (C=O) groups is 1. The van der Waals surface area contributed by atoms with Gasteiger partial charge in [-0.25, -0.2) is 13.2 Å². The molecule has 0 bridgehead atoms. The van der Waals surface area contributed by atoms with Crippen LogP contribution in [0.5, 0.6) is 5.75 Å². The summed E-state index contributed by atoms with van der Waals surface area (Å²) in [5.74, 6) is -1.03. The second-order valence-electron chi connectivity index (χ2n) is 6.75. The minimum atomic E-state index is -2.83. The molecule has 0 radical (unpaired) electrons. The van der Waals surface area contributed by atoms with E-state index in [0.717, 1.165) is 10.9 Å². The highest BCUT2D eigenvalue weighted by atomic mass is 19.3. The molecule has 0 saturated heterocycles. The summed E-state index contributed by atoms with van der Waals surface area (Å²) in [7, 11) is 0. The lowest BCUT2D eigenvalue weighted by Gasteiger charge is -2.17. The van der Waals surface area contributed by atoms with Gasteiger partial charge in [0.15, 0.2) is 11.6 Å². The molecular weight excluding hydrogens is 347 g/mol. The summed E-state index contributed by atoms with van der Waals surface area (Å²) < 4.78 is 47.5. The van der Waals surface area contributed by atoms with Crippen LogP contribution in [0.25, 0.3) is 0 Å². The second kappa shape index (κ2) is 7.01. The molecule has 2 atom stereocenters. The van der Waals surface area contributed by atoms with Gasteiger partial charge in [-0.1, -0.05) is 26.0 Å². The van der Waals surface area contributed by atoms with E-state index in [4.69, 9.17) is 4.74 Å². The Morgan fingerprint density at radius 2 is 2.12 bits per heavy atom. The van der Waals surface area contributed by atoms with Gasteiger partial charge in [0.2, 0.25) is 0 Å². The van der Waals surface area contributed by atoms with Gasteiger partial charge in [-0.05, 0) is 18.9 Å². The summed E-state index contributed by atoms with van der Waals surface area (Å²) in [5, 5.41) is 6.61. The van der Waals surface area contributed by atoms with Gasteiger partial charge in [-0.15, -0.1) is 0 Å². The number of halogens is 3. The quantitative estimate of drug-likeness (QED) is 0.873. The Kier molecular flexibility index (Phi) is 4.93. The third-order valence-corrected chi connectivity index (χ3v) is 4.26. The van der Waals surface area contributed by atoms with Gasteiger partial charge in [-0.2, -0.15) is 5.10 Å². The molecule has 5 nitrogen and oxygen atoms in total. The third-order valence-electron chi connectivity index (χ3n) is 4.26. The molecule has 8 heteroatoms. The van der Waals surface area contributed by atoms with Gasteiger partial charge in [0, 0.05) is 12.1 Å². The number of alkyl halides is 2. The predicted molar refractivity (Wildman–Crippen MR) is 88.7 cm³/mol. The van der Waals surface area contributed by atoms with Gasteiger partial charge in [0.05, 0.1) is 17.8 Å². The first-order chi connectivity index (χ1) is 12.3. The fourth-order valence-electron chi connectivity index (χ4n) is 3.11. The van der Waals surface area contributed by atoms with Crippen molar-refractivity contribution >= 4 is 5.91 Å². The number of ether oxygens (including phenoxy) is 1. The molecule has 26 heavy (non-hydrogen) atoms. The first-order valence-electron chi connectivity index (χ1n) is 8.39. The van der Waals surface area contributed by atoms with Crippen molar-refractivity contribution in [3.8, 4) is 5.75 Å². The van der Waals surface area contributed by atoms with Gasteiger partial charge in [0.1, 0.15) is 11.8 Å². The van der Waals surface area contributed by atoms with Crippen LogP contribution in [0, 0.1) is 11.7 Å². The van der Waals surface area contributed by atoms with Crippen molar-refractivity contribution < 1.29 is 22.7 Å². The molecule has 1 aliphatic heterocycles. The number of para-hydroxylation sites is 1. The number of hydrogen-bond donors (Lipinski definition) is 1. The van der Waals surface area contributed by atoms with Crippen LogP contribution in [0.4, 0.5) is 13.2 Å². The average molecular weight is 367 g/mol. The molecular formula is C18H20F3N3O2. The zero-order valence-electron chi connectivity index (χ0n) is 14.7. The molecule has 1 N–H and O–H groups in total. The highest BCUT2D eigenvalue weighted by molar-refractivity contribution is 5.95. The fraction of sp³-hybridized carbons (Fsp3) is 0.444. The summed E-state index contributed by atoms with van der Waals surface area (Å²) in [6, 6.07) is 3.79. The van der Waals surface area contributed by atoms with E-state index in [2.05, 4.69) is 10.4 Å². The molecule has 0 unspecified atom stereocenters. The zero-order chi connectivity index (χ0) is 19.0. The number of amides is 1. The van der Waals surface area contributed by atoms with Crippen molar-refractivity contribution in [3.05, 3.63) is 47.0 Å². The monoisotopic (exact) mass is 367 g/mol. The number of fused-ring (bicyclic) bond motifs is 1. The standard InChI is InChI=1S/C18H20F3N3O2/c1-9(2)8-24-15(17(20)21)12(7-22-24)18(25)23-14-10(3)26-16-11(14)5-4-6-13(16)19/h4-7,9-10,14,17H,8H2,1-3H3,(H,23,25)/t10-,14-/m1/s1. The van der Waals surface area contributed by atoms with E-state index in [9.17, 15) is 18.0 Å². The average Bonchev–Trinajstić information content (AvgIpc) is 3.10. The van der Waals surface area contributed by atoms with Crippen molar-refractivity contribution in [1.29, 1.82) is 0 Å². The van der Waals surface area contributed by atoms with Crippen molar-refractivity contribution in [1.82, 2.24) is 15.1 Å². The Morgan fingerprint density at radius 3 is 2.77 bits per heavy atom. The first-order valence-corrected chi connectivity index (χ1v) is 8.39. The van der Waals surface area contributed by atoms with Crippen molar-refractivity contribution in [2.75, 3.05) is 0 Å². The van der Waals surface area contributed by atoms with E-state index < -0.39 is 36.0 Å². The second-order valence-corrected chi connectivity index (χ2v) is 6.75. The van der Waals surface area contributed by atoms with Crippen LogP contribution in [0.15, 0.2) is 24.4 Å². The molecule has 0 saturated carbocycles. The van der Waals surface area contributed by atoms with Crippen LogP contribution in [-0.2, 0) is 6.54 Å². The maximum Gasteiger partial charge on any atom is 0.280 e. The normalized spacial score (nSPS) is 18.9. The largest absolute Gasteiger partial charge is 0.485 e. The molecule has 1 aromatic carbocycles. The molecule has 1 amide bonds. The van der Waals surface area contributed by atoms with E-state index >= 15 is 0 Å². The highest BCUT2D eigenvalue weighted by Gasteiger charge is 2.35. The number of aromatic nitrogens is 2. The lowest BCUT2D eigenvalue weighted by Crippen LogP contribution is -2.34. The van der Waals surface area contributed by atoms with Crippen LogP contribution in [0.3, 0.4) is 0 Å². The topological polar surface area (TPSA) is 56.2 Å². The molecule has 2 aromatic rings. The zero-order valence-corrected chi connectivity index (χ0v) is 14.7. The van der Waals surface area contributed by atoms with E-state index in [1.807, 2.05) is 13.8 Å². The van der Waals surface area contributed by atoms with E-state index in [1.165, 1.54) is 12.1 Å². The first kappa shape index (κ1) is 18.3. The Bertz CT molecular complexity index is 820. The molecule has 2 heterocycles. The minimum Gasteiger partial charge on any atom is -0.485 e. The minimum absolute atomic E-state index is 0.0786. The molecule has 0 aliphatic carbocycles. The lowest BCUT2D eigenvalue weighted by molar-refractivity contribution is 0.0890. The maximum atomic E-state index is 13.8. The summed E-state index contributed by atoms with van der Waals surface area (Å²) >= 11 is 0. The summed E-state index contributed by atoms with van der Waals surface area (Å²) in [6.07, 6.45) is -2.21. The Labute approximate surface area is 149 Å². The summed E-state index contributed by atoms with van der Waals surface area (Å²) in [4.78, 5) is 12.6. The molecule has 0 spiro atoms. The van der Waals surface area contributed by atoms with E-state index in [1.54, 1.807) is 13.0 Å². The molecule has 1 aliphatic rings. The van der Waals surface area contributed by atoms with Crippen molar-refractivity contribution in [2.24, 2.45) is 5.92 Å². The van der Waals surface area contributed by atoms with Gasteiger partial charge < -0.3 is 10.1 Å². The number of rotatable bonds is 5. The number of hydrogen-bond acceptors (Lipinski definition) is 3. The lowest BCUT2D eigenvalue weighted by atomic mass is 10.0. The highest BCUT2D eigenvalue weighted by Crippen LogP contribution is 2.38. The summed E-state index contributed by atoms with van der Waals surface area (Å²) in [6.45, 7) is 5.71. The third kappa shape index (κ3) is 3.27. The van der Waals surface area contributed by atoms with Crippen LogP contribution in [0.2, 0.25) is 0 Å².